The number of hydrogen-bond donors (Lipinski definition) is 1. The van der Waals surface area contributed by atoms with Crippen LogP contribution in [-0.4, -0.2) is 23.3 Å². The molecular formula is C19H17FN2O3S. The fourth-order valence-corrected chi connectivity index (χ4v) is 2.97. The maximum atomic E-state index is 13.0. The molecule has 134 valence electrons. The molecule has 1 unspecified atom stereocenters. The third kappa shape index (κ3) is 4.23. The van der Waals surface area contributed by atoms with Gasteiger partial charge in [0.25, 0.3) is 5.22 Å². The van der Waals surface area contributed by atoms with Crippen molar-refractivity contribution in [3.8, 4) is 17.1 Å². The van der Waals surface area contributed by atoms with Crippen LogP contribution in [0, 0.1) is 5.82 Å². The van der Waals surface area contributed by atoms with E-state index in [4.69, 9.17) is 9.15 Å². The highest BCUT2D eigenvalue weighted by Gasteiger charge is 2.19. The Labute approximate surface area is 154 Å². The van der Waals surface area contributed by atoms with Gasteiger partial charge in [-0.15, -0.1) is 0 Å². The highest BCUT2D eigenvalue weighted by Crippen LogP contribution is 2.29. The van der Waals surface area contributed by atoms with Gasteiger partial charge in [-0.3, -0.25) is 4.79 Å². The molecule has 26 heavy (non-hydrogen) atoms. The minimum atomic E-state index is -0.431. The monoisotopic (exact) mass is 372 g/mol. The second-order valence-corrected chi connectivity index (χ2v) is 6.74. The molecule has 3 rings (SSSR count). The number of hydrogen-bond acceptors (Lipinski definition) is 5. The zero-order valence-corrected chi connectivity index (χ0v) is 15.0. The molecule has 1 aromatic heterocycles. The van der Waals surface area contributed by atoms with Gasteiger partial charge in [-0.05, 0) is 43.3 Å². The lowest BCUT2D eigenvalue weighted by molar-refractivity contribution is -0.115. The van der Waals surface area contributed by atoms with E-state index in [1.807, 2.05) is 12.1 Å². The van der Waals surface area contributed by atoms with Gasteiger partial charge in [0, 0.05) is 5.56 Å². The standard InChI is InChI=1S/C19H17FN2O3S/c1-12(18(23)22-15-5-3-4-6-16(15)24-2)26-19-21-11-17(25-19)13-7-9-14(20)10-8-13/h3-12H,1-2H3,(H,22,23). The number of nitrogens with one attached hydrogen (secondary N) is 1. The largest absolute Gasteiger partial charge is 0.495 e. The van der Waals surface area contributed by atoms with E-state index in [0.717, 1.165) is 5.56 Å². The summed E-state index contributed by atoms with van der Waals surface area (Å²) >= 11 is 1.20. The average Bonchev–Trinajstić information content (AvgIpc) is 3.11. The minimum Gasteiger partial charge on any atom is -0.495 e. The molecule has 0 spiro atoms. The summed E-state index contributed by atoms with van der Waals surface area (Å²) in [5, 5.41) is 2.77. The summed E-state index contributed by atoms with van der Waals surface area (Å²) in [6.07, 6.45) is 1.56. The van der Waals surface area contributed by atoms with Crippen LogP contribution in [0.15, 0.2) is 64.4 Å². The molecule has 0 bridgehead atoms. The first-order valence-electron chi connectivity index (χ1n) is 7.89. The van der Waals surface area contributed by atoms with E-state index in [1.54, 1.807) is 44.5 Å². The highest BCUT2D eigenvalue weighted by atomic mass is 32.2. The summed E-state index contributed by atoms with van der Waals surface area (Å²) in [5.41, 5.74) is 1.32. The fraction of sp³-hybridized carbons (Fsp3) is 0.158. The molecule has 0 saturated heterocycles. The van der Waals surface area contributed by atoms with E-state index in [9.17, 15) is 9.18 Å². The average molecular weight is 372 g/mol. The molecule has 0 aliphatic heterocycles. The van der Waals surface area contributed by atoms with Crippen molar-refractivity contribution in [2.24, 2.45) is 0 Å². The summed E-state index contributed by atoms with van der Waals surface area (Å²) in [5.74, 6) is 0.600. The number of carbonyl (C=O) groups is 1. The van der Waals surface area contributed by atoms with Gasteiger partial charge in [0.2, 0.25) is 5.91 Å². The van der Waals surface area contributed by atoms with Crippen molar-refractivity contribution in [1.29, 1.82) is 0 Å². The number of amides is 1. The Balaban J connectivity index is 1.65. The van der Waals surface area contributed by atoms with Crippen LogP contribution in [0.4, 0.5) is 10.1 Å². The molecule has 5 nitrogen and oxygen atoms in total. The van der Waals surface area contributed by atoms with Crippen LogP contribution in [0.2, 0.25) is 0 Å². The molecular weight excluding hydrogens is 355 g/mol. The van der Waals surface area contributed by atoms with E-state index >= 15 is 0 Å². The van der Waals surface area contributed by atoms with Crippen LogP contribution in [0.3, 0.4) is 0 Å². The first-order chi connectivity index (χ1) is 12.6. The Morgan fingerprint density at radius 1 is 1.23 bits per heavy atom. The van der Waals surface area contributed by atoms with Gasteiger partial charge in [0.15, 0.2) is 5.76 Å². The lowest BCUT2D eigenvalue weighted by atomic mass is 10.2. The number of aromatic nitrogens is 1. The van der Waals surface area contributed by atoms with Gasteiger partial charge in [0.1, 0.15) is 11.6 Å². The maximum Gasteiger partial charge on any atom is 0.256 e. The van der Waals surface area contributed by atoms with Crippen LogP contribution in [0.1, 0.15) is 6.92 Å². The van der Waals surface area contributed by atoms with Gasteiger partial charge >= 0.3 is 0 Å². The number of thioether (sulfide) groups is 1. The van der Waals surface area contributed by atoms with Crippen molar-refractivity contribution >= 4 is 23.4 Å². The molecule has 0 fully saturated rings. The van der Waals surface area contributed by atoms with E-state index in [2.05, 4.69) is 10.3 Å². The van der Waals surface area contributed by atoms with E-state index in [0.29, 0.717) is 22.4 Å². The summed E-state index contributed by atoms with van der Waals surface area (Å²) in [6, 6.07) is 13.1. The molecule has 0 radical (unpaired) electrons. The van der Waals surface area contributed by atoms with Crippen molar-refractivity contribution in [2.45, 2.75) is 17.4 Å². The second-order valence-electron chi connectivity index (χ2n) is 5.45. The van der Waals surface area contributed by atoms with Crippen molar-refractivity contribution in [1.82, 2.24) is 4.98 Å². The lowest BCUT2D eigenvalue weighted by Crippen LogP contribution is -2.22. The Hall–Kier alpha value is -2.80. The molecule has 1 amide bonds. The highest BCUT2D eigenvalue weighted by molar-refractivity contribution is 8.00. The number of nitrogens with zero attached hydrogens (tertiary/aromatic N) is 1. The molecule has 1 heterocycles. The van der Waals surface area contributed by atoms with Gasteiger partial charge in [-0.1, -0.05) is 23.9 Å². The van der Waals surface area contributed by atoms with E-state index < -0.39 is 5.25 Å². The van der Waals surface area contributed by atoms with E-state index in [-0.39, 0.29) is 11.7 Å². The predicted molar refractivity (Wildman–Crippen MR) is 98.8 cm³/mol. The number of benzene rings is 2. The van der Waals surface area contributed by atoms with Gasteiger partial charge in [0.05, 0.1) is 24.2 Å². The molecule has 0 aliphatic rings. The van der Waals surface area contributed by atoms with Crippen LogP contribution >= 0.6 is 11.8 Å². The molecule has 2 aromatic carbocycles. The second kappa shape index (κ2) is 8.05. The molecule has 0 aliphatic carbocycles. The molecule has 1 atom stereocenters. The van der Waals surface area contributed by atoms with Crippen LogP contribution in [0.25, 0.3) is 11.3 Å². The smallest absolute Gasteiger partial charge is 0.256 e. The molecule has 1 N–H and O–H groups in total. The maximum absolute atomic E-state index is 13.0. The van der Waals surface area contributed by atoms with Crippen molar-refractivity contribution in [2.75, 3.05) is 12.4 Å². The van der Waals surface area contributed by atoms with E-state index in [1.165, 1.54) is 23.9 Å². The van der Waals surface area contributed by atoms with Gasteiger partial charge in [-0.2, -0.15) is 0 Å². The summed E-state index contributed by atoms with van der Waals surface area (Å²) < 4.78 is 23.9. The number of carbonyl (C=O) groups excluding carboxylic acids is 1. The molecule has 0 saturated carbocycles. The number of oxazole rings is 1. The summed E-state index contributed by atoms with van der Waals surface area (Å²) in [4.78, 5) is 16.6. The van der Waals surface area contributed by atoms with Crippen LogP contribution < -0.4 is 10.1 Å². The topological polar surface area (TPSA) is 64.4 Å². The Morgan fingerprint density at radius 3 is 2.69 bits per heavy atom. The normalized spacial score (nSPS) is 11.8. The number of methoxy groups -OCH3 is 1. The Bertz CT molecular complexity index is 896. The quantitative estimate of drug-likeness (QED) is 0.640. The third-order valence-electron chi connectivity index (χ3n) is 3.62. The number of halogens is 1. The zero-order valence-electron chi connectivity index (χ0n) is 14.2. The van der Waals surface area contributed by atoms with Crippen LogP contribution in [0.5, 0.6) is 5.75 Å². The first-order valence-corrected chi connectivity index (χ1v) is 8.77. The van der Waals surface area contributed by atoms with Gasteiger partial charge < -0.3 is 14.5 Å². The summed E-state index contributed by atoms with van der Waals surface area (Å²) in [6.45, 7) is 1.76. The minimum absolute atomic E-state index is 0.193. The van der Waals surface area contributed by atoms with Crippen LogP contribution in [-0.2, 0) is 4.79 Å². The number of anilines is 1. The Morgan fingerprint density at radius 2 is 1.96 bits per heavy atom. The predicted octanol–water partition coefficient (Wildman–Crippen LogP) is 4.61. The van der Waals surface area contributed by atoms with Crippen molar-refractivity contribution in [3.63, 3.8) is 0 Å². The first kappa shape index (κ1) is 18.0. The number of para-hydroxylation sites is 2. The third-order valence-corrected chi connectivity index (χ3v) is 4.58. The fourth-order valence-electron chi connectivity index (χ4n) is 2.25. The van der Waals surface area contributed by atoms with Crippen molar-refractivity contribution < 1.29 is 18.3 Å². The molecule has 3 aromatic rings. The summed E-state index contributed by atoms with van der Waals surface area (Å²) in [7, 11) is 1.55. The number of rotatable bonds is 6. The number of ether oxygens (including phenoxy) is 1. The Kier molecular flexibility index (Phi) is 5.58. The molecule has 7 heteroatoms. The SMILES string of the molecule is COc1ccccc1NC(=O)C(C)Sc1ncc(-c2ccc(F)cc2)o1. The van der Waals surface area contributed by atoms with Gasteiger partial charge in [-0.25, -0.2) is 9.37 Å². The zero-order chi connectivity index (χ0) is 18.5. The lowest BCUT2D eigenvalue weighted by Gasteiger charge is -2.12. The van der Waals surface area contributed by atoms with Crippen molar-refractivity contribution in [3.05, 3.63) is 60.5 Å².